The number of rotatable bonds is 4. The Labute approximate surface area is 128 Å². The molecule has 1 aromatic carbocycles. The van der Waals surface area contributed by atoms with Gasteiger partial charge in [0.05, 0.1) is 22.5 Å². The first kappa shape index (κ1) is 14.8. The number of benzene rings is 1. The van der Waals surface area contributed by atoms with Crippen LogP contribution in [0.15, 0.2) is 23.0 Å². The maximum absolute atomic E-state index is 12.7. The van der Waals surface area contributed by atoms with Crippen LogP contribution in [0.25, 0.3) is 10.9 Å². The van der Waals surface area contributed by atoms with Crippen molar-refractivity contribution in [2.24, 2.45) is 5.73 Å². The maximum Gasteiger partial charge on any atom is 0.275 e. The Bertz CT molecular complexity index is 738. The summed E-state index contributed by atoms with van der Waals surface area (Å²) in [7, 11) is 0. The van der Waals surface area contributed by atoms with E-state index in [1.807, 2.05) is 6.07 Å². The molecule has 1 saturated heterocycles. The van der Waals surface area contributed by atoms with Crippen molar-refractivity contribution in [3.05, 3.63) is 34.1 Å². The number of hydrogen-bond donors (Lipinski definition) is 2. The minimum absolute atomic E-state index is 0.140. The summed E-state index contributed by atoms with van der Waals surface area (Å²) < 4.78 is 1.68. The summed E-state index contributed by atoms with van der Waals surface area (Å²) in [5.41, 5.74) is 6.21. The fraction of sp³-hybridized carbons (Fsp3) is 0.500. The molecule has 0 aliphatic carbocycles. The highest BCUT2D eigenvalue weighted by Crippen LogP contribution is 2.23. The van der Waals surface area contributed by atoms with Gasteiger partial charge in [0.15, 0.2) is 0 Å². The summed E-state index contributed by atoms with van der Waals surface area (Å²) >= 11 is 0. The summed E-state index contributed by atoms with van der Waals surface area (Å²) in [5, 5.41) is 3.56. The van der Waals surface area contributed by atoms with Crippen LogP contribution in [0.2, 0.25) is 0 Å². The molecule has 0 radical (unpaired) electrons. The molecule has 118 valence electrons. The third kappa shape index (κ3) is 2.54. The van der Waals surface area contributed by atoms with Gasteiger partial charge in [-0.1, -0.05) is 13.0 Å². The van der Waals surface area contributed by atoms with E-state index in [-0.39, 0.29) is 11.6 Å². The molecule has 0 atom stereocenters. The zero-order valence-electron chi connectivity index (χ0n) is 12.8. The van der Waals surface area contributed by atoms with Crippen LogP contribution >= 0.6 is 0 Å². The molecule has 1 aromatic heterocycles. The van der Waals surface area contributed by atoms with E-state index in [1.54, 1.807) is 16.8 Å². The highest BCUT2D eigenvalue weighted by Gasteiger charge is 2.23. The predicted molar refractivity (Wildman–Crippen MR) is 86.1 cm³/mol. The average Bonchev–Trinajstić information content (AvgIpc) is 2.85. The molecule has 6 nitrogen and oxygen atoms in total. The highest BCUT2D eigenvalue weighted by atomic mass is 16.1. The lowest BCUT2D eigenvalue weighted by Gasteiger charge is -2.31. The molecule has 0 unspecified atom stereocenters. The summed E-state index contributed by atoms with van der Waals surface area (Å²) in [5.74, 6) is -0.563. The first-order chi connectivity index (χ1) is 10.6. The molecule has 6 heteroatoms. The third-order valence-electron chi connectivity index (χ3n) is 4.47. The van der Waals surface area contributed by atoms with E-state index in [0.717, 1.165) is 38.9 Å². The second-order valence-electron chi connectivity index (χ2n) is 5.95. The van der Waals surface area contributed by atoms with Crippen LogP contribution in [0.3, 0.4) is 0 Å². The van der Waals surface area contributed by atoms with E-state index in [9.17, 15) is 9.59 Å². The van der Waals surface area contributed by atoms with Gasteiger partial charge in [-0.25, -0.2) is 4.68 Å². The van der Waals surface area contributed by atoms with Gasteiger partial charge in [0.25, 0.3) is 5.56 Å². The van der Waals surface area contributed by atoms with Gasteiger partial charge >= 0.3 is 0 Å². The lowest BCUT2D eigenvalue weighted by molar-refractivity contribution is 0.100. The number of nitrogens with one attached hydrogen (secondary N) is 1. The average molecular weight is 302 g/mol. The topological polar surface area (TPSA) is 84.1 Å². The Balaban J connectivity index is 1.93. The number of fused-ring (bicyclic) bond motifs is 1. The number of nitrogens with two attached hydrogens (primary N) is 1. The molecule has 1 aliphatic rings. The van der Waals surface area contributed by atoms with Gasteiger partial charge in [-0.2, -0.15) is 0 Å². The number of aromatic amines is 1. The number of primary amides is 1. The summed E-state index contributed by atoms with van der Waals surface area (Å²) in [6.07, 6.45) is 3.04. The number of nitrogens with zero attached hydrogens (tertiary/aromatic N) is 2. The van der Waals surface area contributed by atoms with Crippen molar-refractivity contribution in [3.8, 4) is 0 Å². The van der Waals surface area contributed by atoms with E-state index in [0.29, 0.717) is 16.5 Å². The number of aromatic nitrogens is 2. The number of hydrogen-bond acceptors (Lipinski definition) is 3. The number of carbonyl (C=O) groups is 1. The maximum atomic E-state index is 12.7. The molecule has 22 heavy (non-hydrogen) atoms. The monoisotopic (exact) mass is 302 g/mol. The van der Waals surface area contributed by atoms with Crippen LogP contribution in [0.1, 0.15) is 42.6 Å². The molecule has 1 amide bonds. The van der Waals surface area contributed by atoms with Crippen LogP contribution < -0.4 is 11.3 Å². The summed E-state index contributed by atoms with van der Waals surface area (Å²) in [6, 6.07) is 5.32. The number of H-pyrrole nitrogens is 1. The van der Waals surface area contributed by atoms with Gasteiger partial charge < -0.3 is 10.6 Å². The molecule has 3 rings (SSSR count). The minimum atomic E-state index is -0.563. The Morgan fingerprint density at radius 3 is 2.73 bits per heavy atom. The first-order valence-electron chi connectivity index (χ1n) is 7.87. The van der Waals surface area contributed by atoms with Crippen molar-refractivity contribution in [2.75, 3.05) is 19.6 Å². The molecule has 2 aromatic rings. The fourth-order valence-corrected chi connectivity index (χ4v) is 3.36. The second-order valence-corrected chi connectivity index (χ2v) is 5.95. The molecular formula is C16H22N4O2. The minimum Gasteiger partial charge on any atom is -0.366 e. The van der Waals surface area contributed by atoms with Gasteiger partial charge in [0.2, 0.25) is 5.91 Å². The smallest absolute Gasteiger partial charge is 0.275 e. The Hall–Kier alpha value is -2.08. The van der Waals surface area contributed by atoms with E-state index in [1.165, 1.54) is 0 Å². The van der Waals surface area contributed by atoms with E-state index in [2.05, 4.69) is 16.9 Å². The number of likely N-dealkylation sites (tertiary alicyclic amines) is 1. The van der Waals surface area contributed by atoms with Crippen LogP contribution in [0, 0.1) is 0 Å². The van der Waals surface area contributed by atoms with Crippen LogP contribution in [0.5, 0.6) is 0 Å². The van der Waals surface area contributed by atoms with Crippen molar-refractivity contribution >= 4 is 16.8 Å². The van der Waals surface area contributed by atoms with Crippen molar-refractivity contribution in [1.82, 2.24) is 14.7 Å². The molecular weight excluding hydrogens is 280 g/mol. The van der Waals surface area contributed by atoms with E-state index in [4.69, 9.17) is 5.73 Å². The number of amides is 1. The molecule has 2 heterocycles. The molecule has 3 N–H and O–H groups in total. The molecule has 1 fully saturated rings. The molecule has 0 spiro atoms. The zero-order chi connectivity index (χ0) is 15.7. The Morgan fingerprint density at radius 1 is 1.36 bits per heavy atom. The standard InChI is InChI=1S/C16H22N4O2/c1-2-8-19-9-6-11(7-10-19)20-16(22)14-12(15(17)21)4-3-5-13(14)18-20/h3-5,11,18H,2,6-10H2,1H3,(H2,17,21). The third-order valence-corrected chi connectivity index (χ3v) is 4.47. The van der Waals surface area contributed by atoms with Gasteiger partial charge in [0.1, 0.15) is 0 Å². The van der Waals surface area contributed by atoms with Crippen LogP contribution in [-0.4, -0.2) is 40.2 Å². The first-order valence-corrected chi connectivity index (χ1v) is 7.87. The highest BCUT2D eigenvalue weighted by molar-refractivity contribution is 6.05. The van der Waals surface area contributed by atoms with Gasteiger partial charge in [-0.05, 0) is 37.9 Å². The number of carbonyl (C=O) groups excluding carboxylic acids is 1. The normalized spacial score (nSPS) is 17.1. The second kappa shape index (κ2) is 5.96. The quantitative estimate of drug-likeness (QED) is 0.897. The van der Waals surface area contributed by atoms with Crippen molar-refractivity contribution in [2.45, 2.75) is 32.2 Å². The van der Waals surface area contributed by atoms with Crippen molar-refractivity contribution in [3.63, 3.8) is 0 Å². The Kier molecular flexibility index (Phi) is 4.02. The van der Waals surface area contributed by atoms with Gasteiger partial charge in [-0.15, -0.1) is 0 Å². The van der Waals surface area contributed by atoms with Gasteiger partial charge in [-0.3, -0.25) is 14.7 Å². The lowest BCUT2D eigenvalue weighted by Crippen LogP contribution is -2.37. The van der Waals surface area contributed by atoms with E-state index >= 15 is 0 Å². The predicted octanol–water partition coefficient (Wildman–Crippen LogP) is 1.48. The van der Waals surface area contributed by atoms with Crippen LogP contribution in [-0.2, 0) is 0 Å². The molecule has 0 bridgehead atoms. The Morgan fingerprint density at radius 2 is 2.09 bits per heavy atom. The largest absolute Gasteiger partial charge is 0.366 e. The number of piperidine rings is 1. The summed E-state index contributed by atoms with van der Waals surface area (Å²) in [4.78, 5) is 26.6. The van der Waals surface area contributed by atoms with Crippen LogP contribution in [0.4, 0.5) is 0 Å². The van der Waals surface area contributed by atoms with E-state index < -0.39 is 5.91 Å². The SMILES string of the molecule is CCCN1CCC(n2[nH]c3cccc(C(N)=O)c3c2=O)CC1. The van der Waals surface area contributed by atoms with Gasteiger partial charge in [0, 0.05) is 13.1 Å². The van der Waals surface area contributed by atoms with Crippen molar-refractivity contribution < 1.29 is 4.79 Å². The summed E-state index contributed by atoms with van der Waals surface area (Å²) in [6.45, 7) is 5.30. The lowest BCUT2D eigenvalue weighted by atomic mass is 10.0. The van der Waals surface area contributed by atoms with Crippen molar-refractivity contribution in [1.29, 1.82) is 0 Å². The zero-order valence-corrected chi connectivity index (χ0v) is 12.8. The fourth-order valence-electron chi connectivity index (χ4n) is 3.36. The molecule has 1 aliphatic heterocycles. The molecule has 0 saturated carbocycles.